The minimum absolute atomic E-state index is 0.135. The fourth-order valence-corrected chi connectivity index (χ4v) is 6.69. The van der Waals surface area contributed by atoms with Crippen LogP contribution in [0.3, 0.4) is 0 Å². The normalized spacial score (nSPS) is 15.9. The number of hydrogen-bond donors (Lipinski definition) is 1. The van der Waals surface area contributed by atoms with Crippen LogP contribution in [0.5, 0.6) is 23.0 Å². The molecule has 2 aliphatic heterocycles. The summed E-state index contributed by atoms with van der Waals surface area (Å²) in [4.78, 5) is 29.0. The number of carbonyl (C=O) groups excluding carboxylic acids is 1. The first kappa shape index (κ1) is 36.1. The minimum atomic E-state index is -0.943. The lowest BCUT2D eigenvalue weighted by Gasteiger charge is -2.26. The molecular formula is C36H39FN2O8S2. The number of carbonyl (C=O) groups is 2. The van der Waals surface area contributed by atoms with Crippen LogP contribution in [-0.4, -0.2) is 97.4 Å². The number of nitrogens with zero attached hydrogens (tertiary/aromatic N) is 2. The summed E-state index contributed by atoms with van der Waals surface area (Å²) in [6.07, 6.45) is 2.11. The van der Waals surface area contributed by atoms with Crippen molar-refractivity contribution in [1.29, 1.82) is 0 Å². The number of hydrogen-bond acceptors (Lipinski definition) is 10. The maximum absolute atomic E-state index is 14.8. The lowest BCUT2D eigenvalue weighted by Crippen LogP contribution is -2.38. The molecule has 1 amide bonds. The van der Waals surface area contributed by atoms with Gasteiger partial charge < -0.3 is 28.8 Å². The number of carboxylic acid groups (broad SMARTS) is 1. The molecule has 3 aromatic carbocycles. The van der Waals surface area contributed by atoms with E-state index in [1.807, 2.05) is 18.2 Å². The average Bonchev–Trinajstić information content (AvgIpc) is 3.35. The number of ether oxygens (including phenoxy) is 5. The van der Waals surface area contributed by atoms with Crippen LogP contribution in [0.1, 0.15) is 24.5 Å². The Balaban J connectivity index is 1.29. The summed E-state index contributed by atoms with van der Waals surface area (Å²) in [5, 5.41) is 9.13. The Kier molecular flexibility index (Phi) is 12.9. The topological polar surface area (TPSA) is 107 Å². The smallest absolute Gasteiger partial charge is 0.307 e. The Bertz CT molecular complexity index is 1700. The first-order valence-electron chi connectivity index (χ1n) is 16.0. The largest absolute Gasteiger partial charge is 0.493 e. The SMILES string of the molecule is CCOc1ccc(-c2ccc(OCCN3CCOCC3)c(C=C3SC(=S)N(CCCOc4cc(CC(=O)O)ccc4OC)C3=O)c2)cc1F. The molecule has 0 bridgehead atoms. The zero-order valence-corrected chi connectivity index (χ0v) is 29.1. The molecule has 2 saturated heterocycles. The summed E-state index contributed by atoms with van der Waals surface area (Å²) in [6, 6.07) is 15.4. The van der Waals surface area contributed by atoms with Gasteiger partial charge in [-0.1, -0.05) is 42.2 Å². The van der Waals surface area contributed by atoms with Gasteiger partial charge in [0.1, 0.15) is 16.7 Å². The Hall–Kier alpha value is -4.17. The molecule has 0 spiro atoms. The number of amides is 1. The van der Waals surface area contributed by atoms with E-state index in [1.165, 1.54) is 29.8 Å². The van der Waals surface area contributed by atoms with Gasteiger partial charge in [-0.15, -0.1) is 0 Å². The van der Waals surface area contributed by atoms with E-state index in [4.69, 9.17) is 41.0 Å². The van der Waals surface area contributed by atoms with Crippen LogP contribution in [0.4, 0.5) is 4.39 Å². The third-order valence-corrected chi connectivity index (χ3v) is 9.25. The summed E-state index contributed by atoms with van der Waals surface area (Å²) in [5.41, 5.74) is 2.68. The van der Waals surface area contributed by atoms with Gasteiger partial charge in [0.15, 0.2) is 23.1 Å². The van der Waals surface area contributed by atoms with Crippen molar-refractivity contribution in [1.82, 2.24) is 9.80 Å². The van der Waals surface area contributed by atoms with Gasteiger partial charge in [-0.3, -0.25) is 19.4 Å². The highest BCUT2D eigenvalue weighted by atomic mass is 32.2. The van der Waals surface area contributed by atoms with E-state index in [2.05, 4.69) is 4.90 Å². The van der Waals surface area contributed by atoms with Gasteiger partial charge in [0, 0.05) is 31.7 Å². The van der Waals surface area contributed by atoms with Gasteiger partial charge in [-0.25, -0.2) is 4.39 Å². The molecule has 49 heavy (non-hydrogen) atoms. The number of morpholine rings is 1. The number of methoxy groups -OCH3 is 1. The van der Waals surface area contributed by atoms with Gasteiger partial charge in [-0.05, 0) is 72.5 Å². The van der Waals surface area contributed by atoms with E-state index in [-0.39, 0.29) is 24.7 Å². The van der Waals surface area contributed by atoms with Gasteiger partial charge in [-0.2, -0.15) is 0 Å². The number of benzene rings is 3. The zero-order chi connectivity index (χ0) is 34.8. The summed E-state index contributed by atoms with van der Waals surface area (Å²) in [6.45, 7) is 7.00. The molecular weight excluding hydrogens is 672 g/mol. The average molecular weight is 711 g/mol. The standard InChI is InChI=1S/C36H39FN2O8S2/c1-3-45-30-10-7-26(22-28(30)37)25-6-9-29(47-18-14-38-12-16-44-17-13-38)27(21-25)23-33-35(42)39(36(48)49-33)11-4-15-46-32-19-24(20-34(40)41)5-8-31(32)43-2/h5-10,19,21-23H,3-4,11-18,20H2,1-2H3,(H,40,41). The fraction of sp³-hybridized carbons (Fsp3) is 0.361. The van der Waals surface area contributed by atoms with Crippen LogP contribution < -0.4 is 18.9 Å². The number of aliphatic carboxylic acids is 1. The van der Waals surface area contributed by atoms with Crippen molar-refractivity contribution < 1.29 is 42.8 Å². The first-order chi connectivity index (χ1) is 23.7. The molecule has 0 atom stereocenters. The van der Waals surface area contributed by atoms with E-state index in [0.29, 0.717) is 82.6 Å². The zero-order valence-electron chi connectivity index (χ0n) is 27.4. The summed E-state index contributed by atoms with van der Waals surface area (Å²) in [7, 11) is 1.51. The van der Waals surface area contributed by atoms with Crippen LogP contribution in [0.15, 0.2) is 59.5 Å². The molecule has 1 N–H and O–H groups in total. The van der Waals surface area contributed by atoms with Gasteiger partial charge in [0.05, 0.1) is 44.9 Å². The van der Waals surface area contributed by atoms with E-state index < -0.39 is 11.8 Å². The van der Waals surface area contributed by atoms with Crippen LogP contribution in [0.2, 0.25) is 0 Å². The van der Waals surface area contributed by atoms with Gasteiger partial charge in [0.2, 0.25) is 0 Å². The second kappa shape index (κ2) is 17.5. The molecule has 10 nitrogen and oxygen atoms in total. The molecule has 2 heterocycles. The molecule has 2 fully saturated rings. The minimum Gasteiger partial charge on any atom is -0.493 e. The Morgan fingerprint density at radius 1 is 0.959 bits per heavy atom. The highest BCUT2D eigenvalue weighted by Crippen LogP contribution is 2.37. The number of thiocarbonyl (C=S) groups is 1. The molecule has 0 aliphatic carbocycles. The van der Waals surface area contributed by atoms with Crippen LogP contribution >= 0.6 is 24.0 Å². The Morgan fingerprint density at radius 3 is 2.39 bits per heavy atom. The van der Waals surface area contributed by atoms with Crippen molar-refractivity contribution >= 4 is 46.3 Å². The number of rotatable bonds is 16. The molecule has 0 aromatic heterocycles. The third kappa shape index (κ3) is 9.72. The maximum atomic E-state index is 14.8. The molecule has 0 saturated carbocycles. The molecule has 2 aliphatic rings. The molecule has 0 radical (unpaired) electrons. The molecule has 260 valence electrons. The number of thioether (sulfide) groups is 1. The molecule has 5 rings (SSSR count). The predicted octanol–water partition coefficient (Wildman–Crippen LogP) is 5.91. The first-order valence-corrected chi connectivity index (χ1v) is 17.2. The number of halogens is 1. The maximum Gasteiger partial charge on any atom is 0.307 e. The van der Waals surface area contributed by atoms with Crippen molar-refractivity contribution in [2.45, 2.75) is 19.8 Å². The van der Waals surface area contributed by atoms with Gasteiger partial charge >= 0.3 is 5.97 Å². The Morgan fingerprint density at radius 2 is 1.67 bits per heavy atom. The lowest BCUT2D eigenvalue weighted by molar-refractivity contribution is -0.136. The van der Waals surface area contributed by atoms with Crippen molar-refractivity contribution in [3.05, 3.63) is 76.4 Å². The monoisotopic (exact) mass is 710 g/mol. The van der Waals surface area contributed by atoms with Crippen molar-refractivity contribution in [3.8, 4) is 34.1 Å². The predicted molar refractivity (Wildman–Crippen MR) is 190 cm³/mol. The second-order valence-corrected chi connectivity index (χ2v) is 12.9. The summed E-state index contributed by atoms with van der Waals surface area (Å²) in [5.74, 6) is 0.0780. The van der Waals surface area contributed by atoms with Crippen molar-refractivity contribution in [2.24, 2.45) is 0 Å². The van der Waals surface area contributed by atoms with Crippen LogP contribution in [0.25, 0.3) is 17.2 Å². The molecule has 0 unspecified atom stereocenters. The van der Waals surface area contributed by atoms with E-state index >= 15 is 0 Å². The quantitative estimate of drug-likeness (QED) is 0.109. The Labute approximate surface area is 294 Å². The fourth-order valence-electron chi connectivity index (χ4n) is 5.39. The lowest BCUT2D eigenvalue weighted by atomic mass is 10.0. The summed E-state index contributed by atoms with van der Waals surface area (Å²) < 4.78 is 43.5. The van der Waals surface area contributed by atoms with Gasteiger partial charge in [0.25, 0.3) is 5.91 Å². The molecule has 3 aromatic rings. The third-order valence-electron chi connectivity index (χ3n) is 7.87. The van der Waals surface area contributed by atoms with Crippen LogP contribution in [0, 0.1) is 5.82 Å². The van der Waals surface area contributed by atoms with E-state index in [1.54, 1.807) is 43.3 Å². The molecule has 13 heteroatoms. The highest BCUT2D eigenvalue weighted by molar-refractivity contribution is 8.26. The van der Waals surface area contributed by atoms with E-state index in [9.17, 15) is 14.0 Å². The van der Waals surface area contributed by atoms with Crippen molar-refractivity contribution in [3.63, 3.8) is 0 Å². The second-order valence-electron chi connectivity index (χ2n) is 11.2. The number of carboxylic acids is 1. The van der Waals surface area contributed by atoms with Crippen molar-refractivity contribution in [2.75, 3.05) is 66.3 Å². The van der Waals surface area contributed by atoms with E-state index in [0.717, 1.165) is 25.2 Å². The highest BCUT2D eigenvalue weighted by Gasteiger charge is 2.32. The summed E-state index contributed by atoms with van der Waals surface area (Å²) >= 11 is 6.80. The van der Waals surface area contributed by atoms with Crippen LogP contribution in [-0.2, 0) is 20.7 Å².